The SMILES string of the molecule is N[C]1CC2CCC1C2. The summed E-state index contributed by atoms with van der Waals surface area (Å²) < 4.78 is 0. The fourth-order valence-corrected chi connectivity index (χ4v) is 2.10. The van der Waals surface area contributed by atoms with Crippen molar-refractivity contribution >= 4 is 0 Å². The molecule has 0 aromatic heterocycles. The number of hydrogen-bond donors (Lipinski definition) is 1. The second-order valence-electron chi connectivity index (χ2n) is 3.16. The summed E-state index contributed by atoms with van der Waals surface area (Å²) in [6.07, 6.45) is 5.48. The minimum atomic E-state index is 0.833. The smallest absolute Gasteiger partial charge is 0.0371 e. The van der Waals surface area contributed by atoms with Crippen LogP contribution < -0.4 is 5.73 Å². The molecule has 0 amide bonds. The van der Waals surface area contributed by atoms with E-state index in [9.17, 15) is 0 Å². The minimum absolute atomic E-state index is 0.833. The fraction of sp³-hybridized carbons (Fsp3) is 0.857. The molecule has 0 aliphatic heterocycles. The Hall–Kier alpha value is -0.0400. The van der Waals surface area contributed by atoms with Crippen LogP contribution in [0.1, 0.15) is 25.7 Å². The summed E-state index contributed by atoms with van der Waals surface area (Å²) in [4.78, 5) is 0. The molecule has 0 aromatic carbocycles. The predicted molar refractivity (Wildman–Crippen MR) is 32.9 cm³/mol. The molecular formula is C7H12N. The van der Waals surface area contributed by atoms with Gasteiger partial charge in [-0.25, -0.2) is 0 Å². The van der Waals surface area contributed by atoms with Crippen molar-refractivity contribution in [1.29, 1.82) is 0 Å². The fourth-order valence-electron chi connectivity index (χ4n) is 2.10. The summed E-state index contributed by atoms with van der Waals surface area (Å²) in [5, 5.41) is 0. The number of hydrogen-bond acceptors (Lipinski definition) is 1. The second kappa shape index (κ2) is 1.47. The Bertz CT molecular complexity index is 98.6. The molecule has 2 bridgehead atoms. The van der Waals surface area contributed by atoms with E-state index in [0.29, 0.717) is 0 Å². The van der Waals surface area contributed by atoms with Gasteiger partial charge < -0.3 is 5.73 Å². The Morgan fingerprint density at radius 1 is 1.38 bits per heavy atom. The van der Waals surface area contributed by atoms with Gasteiger partial charge in [-0.2, -0.15) is 0 Å². The average Bonchev–Trinajstić information content (AvgIpc) is 2.23. The first-order valence-electron chi connectivity index (χ1n) is 3.47. The van der Waals surface area contributed by atoms with Gasteiger partial charge in [0, 0.05) is 6.04 Å². The third-order valence-electron chi connectivity index (χ3n) is 2.59. The summed E-state index contributed by atoms with van der Waals surface area (Å²) in [6, 6.07) is 1.29. The number of nitrogens with two attached hydrogens (primary N) is 1. The Morgan fingerprint density at radius 2 is 2.25 bits per heavy atom. The maximum absolute atomic E-state index is 5.74. The Balaban J connectivity index is 2.11. The first-order chi connectivity index (χ1) is 3.86. The van der Waals surface area contributed by atoms with Crippen molar-refractivity contribution < 1.29 is 0 Å². The van der Waals surface area contributed by atoms with E-state index in [0.717, 1.165) is 11.8 Å². The lowest BCUT2D eigenvalue weighted by molar-refractivity contribution is 0.506. The largest absolute Gasteiger partial charge is 0.323 e. The second-order valence-corrected chi connectivity index (χ2v) is 3.16. The standard InChI is InChI=1S/C7H12N/c8-7-4-5-1-2-6(7)3-5/h5-6H,1-4,8H2. The lowest BCUT2D eigenvalue weighted by Crippen LogP contribution is -2.16. The molecule has 2 unspecified atom stereocenters. The molecule has 1 radical (unpaired) electrons. The summed E-state index contributed by atoms with van der Waals surface area (Å²) in [6.45, 7) is 0. The molecule has 2 aliphatic rings. The highest BCUT2D eigenvalue weighted by Gasteiger charge is 2.37. The van der Waals surface area contributed by atoms with Crippen molar-refractivity contribution in [3.05, 3.63) is 6.04 Å². The van der Waals surface area contributed by atoms with Gasteiger partial charge in [0.05, 0.1) is 0 Å². The van der Waals surface area contributed by atoms with E-state index in [1.165, 1.54) is 31.7 Å². The van der Waals surface area contributed by atoms with Gasteiger partial charge in [-0.15, -0.1) is 0 Å². The van der Waals surface area contributed by atoms with Gasteiger partial charge in [0.2, 0.25) is 0 Å². The van der Waals surface area contributed by atoms with Crippen molar-refractivity contribution in [3.63, 3.8) is 0 Å². The van der Waals surface area contributed by atoms with E-state index >= 15 is 0 Å². The van der Waals surface area contributed by atoms with Gasteiger partial charge in [-0.05, 0) is 31.1 Å². The Labute approximate surface area is 50.3 Å². The Kier molecular flexibility index (Phi) is 0.884. The van der Waals surface area contributed by atoms with Crippen molar-refractivity contribution in [3.8, 4) is 0 Å². The summed E-state index contributed by atoms with van der Waals surface area (Å²) in [7, 11) is 0. The van der Waals surface area contributed by atoms with Crippen molar-refractivity contribution in [2.45, 2.75) is 25.7 Å². The molecule has 0 spiro atoms. The zero-order chi connectivity index (χ0) is 5.56. The molecule has 2 N–H and O–H groups in total. The van der Waals surface area contributed by atoms with Crippen molar-refractivity contribution in [2.24, 2.45) is 17.6 Å². The normalized spacial score (nSPS) is 46.1. The van der Waals surface area contributed by atoms with Gasteiger partial charge in [0.25, 0.3) is 0 Å². The quantitative estimate of drug-likeness (QED) is 0.499. The average molecular weight is 110 g/mol. The molecule has 0 heterocycles. The molecule has 8 heavy (non-hydrogen) atoms. The van der Waals surface area contributed by atoms with Crippen LogP contribution in [0, 0.1) is 17.9 Å². The monoisotopic (exact) mass is 110 g/mol. The Morgan fingerprint density at radius 3 is 2.50 bits per heavy atom. The van der Waals surface area contributed by atoms with Gasteiger partial charge in [-0.3, -0.25) is 0 Å². The summed E-state index contributed by atoms with van der Waals surface area (Å²) >= 11 is 0. The van der Waals surface area contributed by atoms with Gasteiger partial charge in [0.15, 0.2) is 0 Å². The maximum atomic E-state index is 5.74. The van der Waals surface area contributed by atoms with Crippen molar-refractivity contribution in [2.75, 3.05) is 0 Å². The highest BCUT2D eigenvalue weighted by Crippen LogP contribution is 2.46. The lowest BCUT2D eigenvalue weighted by Gasteiger charge is -2.14. The number of rotatable bonds is 0. The zero-order valence-corrected chi connectivity index (χ0v) is 5.06. The molecule has 0 aromatic rings. The molecular weight excluding hydrogens is 98.1 g/mol. The third-order valence-corrected chi connectivity index (χ3v) is 2.59. The van der Waals surface area contributed by atoms with Crippen LogP contribution in [0.25, 0.3) is 0 Å². The predicted octanol–water partition coefficient (Wildman–Crippen LogP) is 1.30. The van der Waals surface area contributed by atoms with Crippen LogP contribution in [-0.4, -0.2) is 0 Å². The van der Waals surface area contributed by atoms with E-state index in [1.807, 2.05) is 0 Å². The molecule has 1 heteroatoms. The molecule has 2 aliphatic carbocycles. The van der Waals surface area contributed by atoms with Gasteiger partial charge in [0.1, 0.15) is 0 Å². The molecule has 45 valence electrons. The van der Waals surface area contributed by atoms with Crippen LogP contribution in [0.4, 0.5) is 0 Å². The van der Waals surface area contributed by atoms with Crippen molar-refractivity contribution in [1.82, 2.24) is 0 Å². The summed E-state index contributed by atoms with van der Waals surface area (Å²) in [5.74, 6) is 1.82. The molecule has 2 atom stereocenters. The van der Waals surface area contributed by atoms with E-state index in [-0.39, 0.29) is 0 Å². The summed E-state index contributed by atoms with van der Waals surface area (Å²) in [5.41, 5.74) is 5.74. The van der Waals surface area contributed by atoms with E-state index in [4.69, 9.17) is 5.73 Å². The molecule has 0 saturated heterocycles. The van der Waals surface area contributed by atoms with Crippen LogP contribution in [-0.2, 0) is 0 Å². The van der Waals surface area contributed by atoms with Crippen LogP contribution in [0.5, 0.6) is 0 Å². The molecule has 2 saturated carbocycles. The van der Waals surface area contributed by atoms with E-state index in [1.54, 1.807) is 0 Å². The third kappa shape index (κ3) is 0.510. The number of fused-ring (bicyclic) bond motifs is 2. The highest BCUT2D eigenvalue weighted by atomic mass is 14.7. The van der Waals surface area contributed by atoms with Gasteiger partial charge >= 0.3 is 0 Å². The van der Waals surface area contributed by atoms with Gasteiger partial charge in [-0.1, -0.05) is 6.42 Å². The first-order valence-corrected chi connectivity index (χ1v) is 3.47. The van der Waals surface area contributed by atoms with Crippen LogP contribution >= 0.6 is 0 Å². The minimum Gasteiger partial charge on any atom is -0.323 e. The topological polar surface area (TPSA) is 26.0 Å². The molecule has 1 nitrogen and oxygen atoms in total. The lowest BCUT2D eigenvalue weighted by atomic mass is 9.96. The van der Waals surface area contributed by atoms with Crippen LogP contribution in [0.2, 0.25) is 0 Å². The highest BCUT2D eigenvalue weighted by molar-refractivity contribution is 5.04. The first kappa shape index (κ1) is 4.80. The van der Waals surface area contributed by atoms with Crippen LogP contribution in [0.15, 0.2) is 0 Å². The zero-order valence-electron chi connectivity index (χ0n) is 5.06. The molecule has 2 fully saturated rings. The van der Waals surface area contributed by atoms with E-state index < -0.39 is 0 Å². The molecule has 2 rings (SSSR count). The van der Waals surface area contributed by atoms with Crippen LogP contribution in [0.3, 0.4) is 0 Å². The maximum Gasteiger partial charge on any atom is 0.0371 e. The van der Waals surface area contributed by atoms with E-state index in [2.05, 4.69) is 0 Å².